The fourth-order valence-corrected chi connectivity index (χ4v) is 1.94. The second-order valence-corrected chi connectivity index (χ2v) is 3.90. The van der Waals surface area contributed by atoms with E-state index in [1.165, 1.54) is 18.9 Å². The Morgan fingerprint density at radius 2 is 2.47 bits per heavy atom. The van der Waals surface area contributed by atoms with Crippen molar-refractivity contribution in [1.82, 2.24) is 4.98 Å². The number of esters is 1. The second kappa shape index (κ2) is 5.72. The van der Waals surface area contributed by atoms with E-state index < -0.39 is 6.10 Å². The number of carbonyl (C=O) groups excluding carboxylic acids is 1. The summed E-state index contributed by atoms with van der Waals surface area (Å²) in [5, 5.41) is 10.1. The Kier molecular flexibility index (Phi) is 4.58. The van der Waals surface area contributed by atoms with Crippen molar-refractivity contribution in [2.75, 3.05) is 12.9 Å². The predicted octanol–water partition coefficient (Wildman–Crippen LogP) is 1.40. The standard InChI is InChI=1S/C10H13NO3S/c1-7(12)8-4-3-5-11-10(8)15-6-9(13)14-2/h3-5,7,12H,6H2,1-2H3/t7-/m1/s1. The lowest BCUT2D eigenvalue weighted by molar-refractivity contribution is -0.137. The van der Waals surface area contributed by atoms with E-state index in [-0.39, 0.29) is 11.7 Å². The van der Waals surface area contributed by atoms with E-state index in [1.54, 1.807) is 25.3 Å². The van der Waals surface area contributed by atoms with Gasteiger partial charge < -0.3 is 9.84 Å². The second-order valence-electron chi connectivity index (χ2n) is 2.94. The lowest BCUT2D eigenvalue weighted by Crippen LogP contribution is -2.04. The minimum absolute atomic E-state index is 0.202. The van der Waals surface area contributed by atoms with E-state index in [0.717, 1.165) is 5.56 Å². The Morgan fingerprint density at radius 3 is 3.07 bits per heavy atom. The van der Waals surface area contributed by atoms with Crippen molar-refractivity contribution in [1.29, 1.82) is 0 Å². The van der Waals surface area contributed by atoms with Gasteiger partial charge in [0.2, 0.25) is 0 Å². The average Bonchev–Trinajstić information content (AvgIpc) is 2.26. The first kappa shape index (κ1) is 12.0. The Bertz CT molecular complexity index is 341. The third-order valence-electron chi connectivity index (χ3n) is 1.81. The van der Waals surface area contributed by atoms with Gasteiger partial charge in [0.05, 0.1) is 19.0 Å². The van der Waals surface area contributed by atoms with Crippen LogP contribution in [0, 0.1) is 0 Å². The number of nitrogens with zero attached hydrogens (tertiary/aromatic N) is 1. The van der Waals surface area contributed by atoms with Crippen LogP contribution in [0.15, 0.2) is 23.4 Å². The number of aromatic nitrogens is 1. The van der Waals surface area contributed by atoms with Crippen molar-refractivity contribution in [3.8, 4) is 0 Å². The summed E-state index contributed by atoms with van der Waals surface area (Å²) in [5.74, 6) is -0.102. The molecular weight excluding hydrogens is 214 g/mol. The van der Waals surface area contributed by atoms with Crippen LogP contribution in [0.1, 0.15) is 18.6 Å². The van der Waals surface area contributed by atoms with Gasteiger partial charge in [0.15, 0.2) is 0 Å². The zero-order valence-electron chi connectivity index (χ0n) is 8.64. The number of ether oxygens (including phenoxy) is 1. The summed E-state index contributed by atoms with van der Waals surface area (Å²) < 4.78 is 4.52. The molecule has 0 fully saturated rings. The zero-order chi connectivity index (χ0) is 11.3. The average molecular weight is 227 g/mol. The van der Waals surface area contributed by atoms with Crippen molar-refractivity contribution in [2.24, 2.45) is 0 Å². The summed E-state index contributed by atoms with van der Waals surface area (Å²) in [6.45, 7) is 1.67. The summed E-state index contributed by atoms with van der Waals surface area (Å²) in [5.41, 5.74) is 0.728. The van der Waals surface area contributed by atoms with Gasteiger partial charge in [-0.15, -0.1) is 0 Å². The minimum atomic E-state index is -0.584. The van der Waals surface area contributed by atoms with Crippen LogP contribution in [0.5, 0.6) is 0 Å². The maximum absolute atomic E-state index is 10.9. The van der Waals surface area contributed by atoms with E-state index in [1.807, 2.05) is 0 Å². The molecule has 0 amide bonds. The number of methoxy groups -OCH3 is 1. The SMILES string of the molecule is COC(=O)CSc1ncccc1[C@@H](C)O. The number of thioether (sulfide) groups is 1. The number of rotatable bonds is 4. The van der Waals surface area contributed by atoms with Crippen LogP contribution in [0.25, 0.3) is 0 Å². The molecule has 1 N–H and O–H groups in total. The van der Waals surface area contributed by atoms with Crippen LogP contribution in [-0.2, 0) is 9.53 Å². The molecule has 4 nitrogen and oxygen atoms in total. The molecule has 0 spiro atoms. The molecule has 0 saturated carbocycles. The Labute approximate surface area is 92.7 Å². The smallest absolute Gasteiger partial charge is 0.316 e. The third-order valence-corrected chi connectivity index (χ3v) is 2.80. The molecule has 1 rings (SSSR count). The molecule has 82 valence electrons. The fourth-order valence-electron chi connectivity index (χ4n) is 1.03. The van der Waals surface area contributed by atoms with Gasteiger partial charge >= 0.3 is 5.97 Å². The largest absolute Gasteiger partial charge is 0.468 e. The lowest BCUT2D eigenvalue weighted by atomic mass is 10.2. The van der Waals surface area contributed by atoms with Crippen molar-refractivity contribution in [3.05, 3.63) is 23.9 Å². The molecular formula is C10H13NO3S. The third kappa shape index (κ3) is 3.53. The molecule has 0 aliphatic heterocycles. The van der Waals surface area contributed by atoms with Crippen LogP contribution >= 0.6 is 11.8 Å². The summed E-state index contributed by atoms with van der Waals surface area (Å²) >= 11 is 1.26. The fraction of sp³-hybridized carbons (Fsp3) is 0.400. The summed E-state index contributed by atoms with van der Waals surface area (Å²) in [6, 6.07) is 3.54. The molecule has 0 saturated heterocycles. The molecule has 1 aromatic rings. The zero-order valence-corrected chi connectivity index (χ0v) is 9.45. The van der Waals surface area contributed by atoms with Gasteiger partial charge in [0.1, 0.15) is 5.03 Å². The van der Waals surface area contributed by atoms with E-state index in [4.69, 9.17) is 0 Å². The molecule has 5 heteroatoms. The molecule has 0 aliphatic rings. The summed E-state index contributed by atoms with van der Waals surface area (Å²) in [6.07, 6.45) is 1.05. The van der Waals surface area contributed by atoms with E-state index in [2.05, 4.69) is 9.72 Å². The molecule has 0 aromatic carbocycles. The van der Waals surface area contributed by atoms with Gasteiger partial charge in [-0.05, 0) is 13.0 Å². The van der Waals surface area contributed by atoms with Crippen molar-refractivity contribution < 1.29 is 14.6 Å². The number of carbonyl (C=O) groups is 1. The van der Waals surface area contributed by atoms with Gasteiger partial charge in [-0.1, -0.05) is 17.8 Å². The number of aliphatic hydroxyl groups is 1. The molecule has 15 heavy (non-hydrogen) atoms. The predicted molar refractivity (Wildman–Crippen MR) is 57.6 cm³/mol. The van der Waals surface area contributed by atoms with E-state index >= 15 is 0 Å². The molecule has 0 radical (unpaired) electrons. The highest BCUT2D eigenvalue weighted by Crippen LogP contribution is 2.24. The van der Waals surface area contributed by atoms with Crippen LogP contribution in [0.3, 0.4) is 0 Å². The quantitative estimate of drug-likeness (QED) is 0.622. The number of aliphatic hydroxyl groups excluding tert-OH is 1. The van der Waals surface area contributed by atoms with Crippen LogP contribution in [-0.4, -0.2) is 28.9 Å². The Morgan fingerprint density at radius 1 is 1.73 bits per heavy atom. The first-order valence-corrected chi connectivity index (χ1v) is 5.46. The van der Waals surface area contributed by atoms with Gasteiger partial charge in [-0.2, -0.15) is 0 Å². The minimum Gasteiger partial charge on any atom is -0.468 e. The maximum Gasteiger partial charge on any atom is 0.316 e. The van der Waals surface area contributed by atoms with Crippen molar-refractivity contribution >= 4 is 17.7 Å². The van der Waals surface area contributed by atoms with E-state index in [0.29, 0.717) is 5.03 Å². The maximum atomic E-state index is 10.9. The van der Waals surface area contributed by atoms with Crippen LogP contribution < -0.4 is 0 Å². The van der Waals surface area contributed by atoms with Gasteiger partial charge in [0.25, 0.3) is 0 Å². The van der Waals surface area contributed by atoms with Crippen LogP contribution in [0.2, 0.25) is 0 Å². The first-order valence-electron chi connectivity index (χ1n) is 4.47. The molecule has 1 heterocycles. The molecule has 0 aliphatic carbocycles. The normalized spacial score (nSPS) is 12.2. The number of hydrogen-bond donors (Lipinski definition) is 1. The Hall–Kier alpha value is -1.07. The van der Waals surface area contributed by atoms with E-state index in [9.17, 15) is 9.90 Å². The first-order chi connectivity index (χ1) is 7.15. The number of pyridine rings is 1. The summed E-state index contributed by atoms with van der Waals surface area (Å²) in [4.78, 5) is 15.0. The van der Waals surface area contributed by atoms with Crippen molar-refractivity contribution in [3.63, 3.8) is 0 Å². The molecule has 0 bridgehead atoms. The van der Waals surface area contributed by atoms with Crippen LogP contribution in [0.4, 0.5) is 0 Å². The molecule has 1 aromatic heterocycles. The highest BCUT2D eigenvalue weighted by atomic mass is 32.2. The Balaban J connectivity index is 2.71. The monoisotopic (exact) mass is 227 g/mol. The lowest BCUT2D eigenvalue weighted by Gasteiger charge is -2.09. The topological polar surface area (TPSA) is 59.4 Å². The molecule has 0 unspecified atom stereocenters. The highest BCUT2D eigenvalue weighted by molar-refractivity contribution is 7.99. The van der Waals surface area contributed by atoms with Gasteiger partial charge in [0, 0.05) is 11.8 Å². The molecule has 1 atom stereocenters. The highest BCUT2D eigenvalue weighted by Gasteiger charge is 2.10. The van der Waals surface area contributed by atoms with Crippen molar-refractivity contribution in [2.45, 2.75) is 18.1 Å². The number of hydrogen-bond acceptors (Lipinski definition) is 5. The van der Waals surface area contributed by atoms with Gasteiger partial charge in [-0.3, -0.25) is 4.79 Å². The van der Waals surface area contributed by atoms with Gasteiger partial charge in [-0.25, -0.2) is 4.98 Å². The summed E-state index contributed by atoms with van der Waals surface area (Å²) in [7, 11) is 1.34.